The number of nitrogens with zero attached hydrogens (tertiary/aromatic N) is 2. The number of imidazole rings is 2. The van der Waals surface area contributed by atoms with Gasteiger partial charge in [0.25, 0.3) is 0 Å². The van der Waals surface area contributed by atoms with E-state index in [0.29, 0.717) is 11.4 Å². The smallest absolute Gasteiger partial charge is 0.326 e. The normalized spacial score (nSPS) is 15.4. The maximum absolute atomic E-state index is 12.6. The Bertz CT molecular complexity index is 948. The van der Waals surface area contributed by atoms with E-state index in [2.05, 4.69) is 35.9 Å². The summed E-state index contributed by atoms with van der Waals surface area (Å²) in [4.78, 5) is 62.1. The Balaban J connectivity index is 1.99. The Kier molecular flexibility index (Phi) is 9.66. The average Bonchev–Trinajstić information content (AvgIpc) is 3.48. The minimum atomic E-state index is -1.57. The number of aromatic nitrogens is 4. The summed E-state index contributed by atoms with van der Waals surface area (Å²) in [6.45, 7) is 0.391. The van der Waals surface area contributed by atoms with Crippen molar-refractivity contribution >= 4 is 23.7 Å². The lowest BCUT2D eigenvalue weighted by Gasteiger charge is -2.25. The second-order valence-electron chi connectivity index (χ2n) is 7.54. The van der Waals surface area contributed by atoms with Gasteiger partial charge in [0, 0.05) is 36.6 Å². The molecule has 5 unspecified atom stereocenters. The third-order valence-electron chi connectivity index (χ3n) is 4.80. The summed E-state index contributed by atoms with van der Waals surface area (Å²) in [5.41, 5.74) is 6.84. The summed E-state index contributed by atoms with van der Waals surface area (Å²) in [7, 11) is 0. The van der Waals surface area contributed by atoms with Crippen LogP contribution in [0.1, 0.15) is 18.3 Å². The Morgan fingerprint density at radius 3 is 1.97 bits per heavy atom. The number of rotatable bonds is 13. The first-order valence-corrected chi connectivity index (χ1v) is 10.2. The van der Waals surface area contributed by atoms with Crippen LogP contribution in [0.3, 0.4) is 0 Å². The monoisotopic (exact) mass is 480 g/mol. The van der Waals surface area contributed by atoms with E-state index in [1.54, 1.807) is 0 Å². The number of H-pyrrole nitrogens is 2. The molecule has 0 radical (unpaired) electrons. The van der Waals surface area contributed by atoms with Crippen molar-refractivity contribution in [3.8, 4) is 0 Å². The highest BCUT2D eigenvalue weighted by Gasteiger charge is 2.32. The zero-order chi connectivity index (χ0) is 25.3. The molecule has 2 heterocycles. The molecule has 186 valence electrons. The fourth-order valence-electron chi connectivity index (χ4n) is 2.94. The number of carboxylic acid groups (broad SMARTS) is 1. The fraction of sp³-hybridized carbons (Fsp3) is 0.474. The van der Waals surface area contributed by atoms with E-state index >= 15 is 0 Å². The van der Waals surface area contributed by atoms with Gasteiger partial charge >= 0.3 is 5.97 Å². The van der Waals surface area contributed by atoms with Gasteiger partial charge in [0.15, 0.2) is 0 Å². The molecule has 34 heavy (non-hydrogen) atoms. The lowest BCUT2D eigenvalue weighted by molar-refractivity contribution is -0.143. The number of nitrogens with two attached hydrogens (primary N) is 1. The van der Waals surface area contributed by atoms with Gasteiger partial charge in [-0.15, -0.1) is 0 Å². The fourth-order valence-corrected chi connectivity index (χ4v) is 2.94. The SMILES string of the molecule is CC(O)C(NC(=O)C(CO)NC(=O)C(N)Cc1cnc[nH]1)C(=O)NC(Cc1cnc[nH]1)C(=O)O. The second kappa shape index (κ2) is 12.4. The van der Waals surface area contributed by atoms with Crippen LogP contribution in [0, 0.1) is 0 Å². The largest absolute Gasteiger partial charge is 0.480 e. The number of aromatic amines is 2. The molecule has 10 N–H and O–H groups in total. The van der Waals surface area contributed by atoms with Crippen molar-refractivity contribution in [1.29, 1.82) is 0 Å². The Hall–Kier alpha value is -3.82. The number of hydrogen-bond acceptors (Lipinski definition) is 9. The molecule has 0 aliphatic carbocycles. The highest BCUT2D eigenvalue weighted by Crippen LogP contribution is 2.03. The van der Waals surface area contributed by atoms with Crippen LogP contribution in [0.4, 0.5) is 0 Å². The standard InChI is InChI=1S/C19H28N8O7/c1-9(29)15(18(32)25-13(19(33)34)3-11-5-22-8-24-11)27-17(31)14(6-28)26-16(30)12(20)2-10-4-21-7-23-10/h4-5,7-9,12-15,28-29H,2-3,6,20H2,1H3,(H,21,23)(H,22,24)(H,25,32)(H,26,30)(H,27,31)(H,33,34). The van der Waals surface area contributed by atoms with Gasteiger partial charge in [0.05, 0.1) is 31.4 Å². The third kappa shape index (κ3) is 7.65. The molecule has 15 heteroatoms. The Labute approximate surface area is 193 Å². The number of nitrogens with one attached hydrogen (secondary N) is 5. The predicted molar refractivity (Wildman–Crippen MR) is 115 cm³/mol. The van der Waals surface area contributed by atoms with Crippen LogP contribution in [0.15, 0.2) is 25.0 Å². The molecule has 0 fully saturated rings. The Morgan fingerprint density at radius 1 is 0.941 bits per heavy atom. The minimum Gasteiger partial charge on any atom is -0.480 e. The summed E-state index contributed by atoms with van der Waals surface area (Å²) in [6, 6.07) is -5.48. The lowest BCUT2D eigenvalue weighted by Crippen LogP contribution is -2.60. The van der Waals surface area contributed by atoms with Crippen molar-refractivity contribution in [3.63, 3.8) is 0 Å². The first kappa shape index (κ1) is 26.4. The maximum atomic E-state index is 12.6. The van der Waals surface area contributed by atoms with Gasteiger partial charge in [-0.05, 0) is 6.92 Å². The molecule has 2 rings (SSSR count). The Morgan fingerprint density at radius 2 is 1.50 bits per heavy atom. The van der Waals surface area contributed by atoms with Crippen LogP contribution in [0.5, 0.6) is 0 Å². The highest BCUT2D eigenvalue weighted by atomic mass is 16.4. The van der Waals surface area contributed by atoms with Gasteiger partial charge in [0.1, 0.15) is 18.1 Å². The summed E-state index contributed by atoms with van der Waals surface area (Å²) in [5.74, 6) is -4.04. The van der Waals surface area contributed by atoms with Crippen LogP contribution in [0.2, 0.25) is 0 Å². The predicted octanol–water partition coefficient (Wildman–Crippen LogP) is -3.84. The van der Waals surface area contributed by atoms with Crippen molar-refractivity contribution in [3.05, 3.63) is 36.4 Å². The number of aliphatic hydroxyl groups is 2. The molecular weight excluding hydrogens is 452 g/mol. The zero-order valence-electron chi connectivity index (χ0n) is 18.3. The second-order valence-corrected chi connectivity index (χ2v) is 7.54. The molecule has 0 saturated carbocycles. The van der Waals surface area contributed by atoms with Crippen molar-refractivity contribution in [2.75, 3.05) is 6.61 Å². The van der Waals surface area contributed by atoms with Crippen molar-refractivity contribution in [2.24, 2.45) is 5.73 Å². The van der Waals surface area contributed by atoms with Gasteiger partial charge < -0.3 is 47.0 Å². The maximum Gasteiger partial charge on any atom is 0.326 e. The quantitative estimate of drug-likeness (QED) is 0.135. The van der Waals surface area contributed by atoms with E-state index in [-0.39, 0.29) is 12.8 Å². The molecular formula is C19H28N8O7. The molecule has 0 aromatic carbocycles. The van der Waals surface area contributed by atoms with E-state index < -0.39 is 60.6 Å². The molecule has 3 amide bonds. The van der Waals surface area contributed by atoms with E-state index in [1.807, 2.05) is 0 Å². The molecule has 0 saturated heterocycles. The minimum absolute atomic E-state index is 0.0945. The lowest BCUT2D eigenvalue weighted by atomic mass is 10.1. The third-order valence-corrected chi connectivity index (χ3v) is 4.80. The van der Waals surface area contributed by atoms with Gasteiger partial charge in [-0.1, -0.05) is 0 Å². The summed E-state index contributed by atoms with van der Waals surface area (Å²) >= 11 is 0. The van der Waals surface area contributed by atoms with Crippen LogP contribution >= 0.6 is 0 Å². The topological polar surface area (TPSA) is 248 Å². The average molecular weight is 480 g/mol. The van der Waals surface area contributed by atoms with Crippen molar-refractivity contribution < 1.29 is 34.5 Å². The number of amides is 3. The first-order valence-electron chi connectivity index (χ1n) is 10.2. The molecule has 0 aliphatic rings. The van der Waals surface area contributed by atoms with Crippen LogP contribution in [0.25, 0.3) is 0 Å². The number of aliphatic hydroxyl groups excluding tert-OH is 2. The van der Waals surface area contributed by atoms with Crippen LogP contribution < -0.4 is 21.7 Å². The van der Waals surface area contributed by atoms with Gasteiger partial charge in [-0.3, -0.25) is 14.4 Å². The van der Waals surface area contributed by atoms with Gasteiger partial charge in [-0.2, -0.15) is 0 Å². The van der Waals surface area contributed by atoms with Crippen LogP contribution in [-0.2, 0) is 32.0 Å². The molecule has 15 nitrogen and oxygen atoms in total. The summed E-state index contributed by atoms with van der Waals surface area (Å²) in [5, 5.41) is 35.7. The van der Waals surface area contributed by atoms with Gasteiger partial charge in [0.2, 0.25) is 17.7 Å². The molecule has 2 aromatic heterocycles. The zero-order valence-corrected chi connectivity index (χ0v) is 18.3. The number of carboxylic acids is 1. The number of aliphatic carboxylic acids is 1. The van der Waals surface area contributed by atoms with E-state index in [1.165, 1.54) is 32.0 Å². The molecule has 0 aliphatic heterocycles. The summed E-state index contributed by atoms with van der Waals surface area (Å²) < 4.78 is 0. The highest BCUT2D eigenvalue weighted by molar-refractivity contribution is 5.94. The van der Waals surface area contributed by atoms with E-state index in [4.69, 9.17) is 5.73 Å². The van der Waals surface area contributed by atoms with Crippen molar-refractivity contribution in [1.82, 2.24) is 35.9 Å². The molecule has 0 bridgehead atoms. The van der Waals surface area contributed by atoms with Crippen LogP contribution in [-0.4, -0.2) is 95.8 Å². The number of carbonyl (C=O) groups is 4. The molecule has 0 spiro atoms. The van der Waals surface area contributed by atoms with Crippen molar-refractivity contribution in [2.45, 2.75) is 50.0 Å². The number of carbonyl (C=O) groups excluding carboxylic acids is 3. The molecule has 2 aromatic rings. The summed E-state index contributed by atoms with van der Waals surface area (Å²) in [6.07, 6.45) is 4.17. The molecule has 5 atom stereocenters. The first-order chi connectivity index (χ1) is 16.1. The number of hydrogen-bond donors (Lipinski definition) is 9. The van der Waals surface area contributed by atoms with Gasteiger partial charge in [-0.25, -0.2) is 14.8 Å². The van der Waals surface area contributed by atoms with E-state index in [0.717, 1.165) is 0 Å². The van der Waals surface area contributed by atoms with E-state index in [9.17, 15) is 34.5 Å².